The highest BCUT2D eigenvalue weighted by Gasteiger charge is 2.30. The van der Waals surface area contributed by atoms with Crippen molar-refractivity contribution in [1.82, 2.24) is 19.9 Å². The number of aromatic nitrogens is 3. The summed E-state index contributed by atoms with van der Waals surface area (Å²) in [6.07, 6.45) is -0.825. The predicted octanol–water partition coefficient (Wildman–Crippen LogP) is 3.31. The molecule has 4 rings (SSSR count). The standard InChI is InChI=1S/C17H13F3N4O/c18-17(19,20)12-4-1-10(2-5-12)15-23-22-14-8-3-11(9-24(14)15)16(25)21-13-6-7-13/h1-5,8-9,13H,6-7H2,(H,21,25). The Morgan fingerprint density at radius 1 is 1.08 bits per heavy atom. The summed E-state index contributed by atoms with van der Waals surface area (Å²) in [6, 6.07) is 8.23. The number of halogens is 3. The molecule has 0 unspecified atom stereocenters. The lowest BCUT2D eigenvalue weighted by molar-refractivity contribution is -0.137. The number of nitrogens with one attached hydrogen (secondary N) is 1. The van der Waals surface area contributed by atoms with Gasteiger partial charge in [-0.05, 0) is 37.1 Å². The molecule has 1 saturated carbocycles. The predicted molar refractivity (Wildman–Crippen MR) is 83.9 cm³/mol. The van der Waals surface area contributed by atoms with Crippen molar-refractivity contribution in [1.29, 1.82) is 0 Å². The minimum Gasteiger partial charge on any atom is -0.349 e. The number of amides is 1. The van der Waals surface area contributed by atoms with Gasteiger partial charge in [-0.1, -0.05) is 12.1 Å². The number of pyridine rings is 1. The van der Waals surface area contributed by atoms with Crippen LogP contribution in [0.3, 0.4) is 0 Å². The topological polar surface area (TPSA) is 59.3 Å². The molecular formula is C17H13F3N4O. The monoisotopic (exact) mass is 346 g/mol. The average molecular weight is 346 g/mol. The van der Waals surface area contributed by atoms with Crippen LogP contribution >= 0.6 is 0 Å². The van der Waals surface area contributed by atoms with Crippen molar-refractivity contribution in [2.75, 3.05) is 0 Å². The summed E-state index contributed by atoms with van der Waals surface area (Å²) < 4.78 is 39.7. The van der Waals surface area contributed by atoms with Crippen molar-refractivity contribution in [2.24, 2.45) is 0 Å². The lowest BCUT2D eigenvalue weighted by Crippen LogP contribution is -2.25. The summed E-state index contributed by atoms with van der Waals surface area (Å²) in [5.74, 6) is 0.196. The Morgan fingerprint density at radius 3 is 2.44 bits per heavy atom. The number of carbonyl (C=O) groups is 1. The molecule has 2 aromatic heterocycles. The van der Waals surface area contributed by atoms with E-state index in [-0.39, 0.29) is 11.9 Å². The smallest absolute Gasteiger partial charge is 0.349 e. The molecule has 1 N–H and O–H groups in total. The van der Waals surface area contributed by atoms with Gasteiger partial charge in [-0.3, -0.25) is 9.20 Å². The molecule has 0 atom stereocenters. The van der Waals surface area contributed by atoms with Gasteiger partial charge in [-0.25, -0.2) is 0 Å². The van der Waals surface area contributed by atoms with E-state index in [4.69, 9.17) is 0 Å². The number of alkyl halides is 3. The van der Waals surface area contributed by atoms with Gasteiger partial charge < -0.3 is 5.32 Å². The Balaban J connectivity index is 1.70. The Hall–Kier alpha value is -2.90. The average Bonchev–Trinajstić information content (AvgIpc) is 3.30. The molecule has 128 valence electrons. The van der Waals surface area contributed by atoms with Crippen LogP contribution in [0.4, 0.5) is 13.2 Å². The minimum atomic E-state index is -4.39. The van der Waals surface area contributed by atoms with E-state index in [2.05, 4.69) is 15.5 Å². The van der Waals surface area contributed by atoms with Crippen molar-refractivity contribution in [3.8, 4) is 11.4 Å². The van der Waals surface area contributed by atoms with Gasteiger partial charge in [-0.15, -0.1) is 10.2 Å². The number of benzene rings is 1. The van der Waals surface area contributed by atoms with Crippen LogP contribution in [-0.2, 0) is 6.18 Å². The highest BCUT2D eigenvalue weighted by Crippen LogP contribution is 2.30. The summed E-state index contributed by atoms with van der Waals surface area (Å²) in [5, 5.41) is 10.9. The van der Waals surface area contributed by atoms with Gasteiger partial charge in [-0.2, -0.15) is 13.2 Å². The van der Waals surface area contributed by atoms with Crippen LogP contribution in [0.1, 0.15) is 28.8 Å². The molecule has 1 aliphatic rings. The molecule has 0 radical (unpaired) electrons. The van der Waals surface area contributed by atoms with E-state index in [9.17, 15) is 18.0 Å². The number of fused-ring (bicyclic) bond motifs is 1. The van der Waals surface area contributed by atoms with Crippen LogP contribution in [0, 0.1) is 0 Å². The molecule has 1 fully saturated rings. The van der Waals surface area contributed by atoms with Gasteiger partial charge in [0, 0.05) is 17.8 Å². The van der Waals surface area contributed by atoms with E-state index >= 15 is 0 Å². The molecule has 1 amide bonds. The summed E-state index contributed by atoms with van der Waals surface area (Å²) in [7, 11) is 0. The normalized spacial score (nSPS) is 14.7. The summed E-state index contributed by atoms with van der Waals surface area (Å²) in [5.41, 5.74) is 0.722. The van der Waals surface area contributed by atoms with Crippen LogP contribution in [0.5, 0.6) is 0 Å². The molecule has 1 aromatic carbocycles. The Kier molecular flexibility index (Phi) is 3.48. The molecule has 0 saturated heterocycles. The maximum atomic E-state index is 12.7. The molecule has 0 bridgehead atoms. The highest BCUT2D eigenvalue weighted by atomic mass is 19.4. The Morgan fingerprint density at radius 2 is 1.80 bits per heavy atom. The van der Waals surface area contributed by atoms with Crippen LogP contribution in [0.2, 0.25) is 0 Å². The first kappa shape index (κ1) is 15.6. The van der Waals surface area contributed by atoms with Gasteiger partial charge >= 0.3 is 6.18 Å². The van der Waals surface area contributed by atoms with Crippen LogP contribution < -0.4 is 5.32 Å². The van der Waals surface area contributed by atoms with Crippen molar-refractivity contribution in [2.45, 2.75) is 25.1 Å². The highest BCUT2D eigenvalue weighted by molar-refractivity contribution is 5.94. The van der Waals surface area contributed by atoms with Crippen molar-refractivity contribution in [3.05, 3.63) is 53.7 Å². The van der Waals surface area contributed by atoms with Crippen molar-refractivity contribution in [3.63, 3.8) is 0 Å². The van der Waals surface area contributed by atoms with Crippen LogP contribution in [-0.4, -0.2) is 26.5 Å². The lowest BCUT2D eigenvalue weighted by Gasteiger charge is -2.07. The fraction of sp³-hybridized carbons (Fsp3) is 0.235. The third-order valence-electron chi connectivity index (χ3n) is 4.05. The van der Waals surface area contributed by atoms with E-state index in [1.165, 1.54) is 12.1 Å². The number of carbonyl (C=O) groups excluding carboxylic acids is 1. The molecule has 2 heterocycles. The Bertz CT molecular complexity index is 943. The zero-order chi connectivity index (χ0) is 17.6. The maximum Gasteiger partial charge on any atom is 0.416 e. The van der Waals surface area contributed by atoms with Gasteiger partial charge in [0.1, 0.15) is 0 Å². The second-order valence-corrected chi connectivity index (χ2v) is 5.99. The van der Waals surface area contributed by atoms with Crippen LogP contribution in [0.15, 0.2) is 42.6 Å². The van der Waals surface area contributed by atoms with Crippen molar-refractivity contribution < 1.29 is 18.0 Å². The number of rotatable bonds is 3. The van der Waals surface area contributed by atoms with Gasteiger partial charge in [0.2, 0.25) is 0 Å². The first-order chi connectivity index (χ1) is 11.9. The van der Waals surface area contributed by atoms with Crippen molar-refractivity contribution >= 4 is 11.6 Å². The molecule has 0 aliphatic heterocycles. The van der Waals surface area contributed by atoms with E-state index in [0.717, 1.165) is 25.0 Å². The molecule has 25 heavy (non-hydrogen) atoms. The number of nitrogens with zero attached hydrogens (tertiary/aromatic N) is 3. The SMILES string of the molecule is O=C(NC1CC1)c1ccc2nnc(-c3ccc(C(F)(F)F)cc3)n2c1. The van der Waals surface area contributed by atoms with E-state index < -0.39 is 11.7 Å². The molecule has 0 spiro atoms. The molecule has 8 heteroatoms. The number of hydrogen-bond acceptors (Lipinski definition) is 3. The first-order valence-electron chi connectivity index (χ1n) is 7.75. The van der Waals surface area contributed by atoms with Crippen LogP contribution in [0.25, 0.3) is 17.0 Å². The molecule has 3 aromatic rings. The molecule has 1 aliphatic carbocycles. The lowest BCUT2D eigenvalue weighted by atomic mass is 10.1. The maximum absolute atomic E-state index is 12.7. The van der Waals surface area contributed by atoms with E-state index in [1.807, 2.05) is 0 Å². The first-order valence-corrected chi connectivity index (χ1v) is 7.75. The zero-order valence-electron chi connectivity index (χ0n) is 12.9. The summed E-state index contributed by atoms with van der Waals surface area (Å²) >= 11 is 0. The second-order valence-electron chi connectivity index (χ2n) is 5.99. The van der Waals surface area contributed by atoms with E-state index in [1.54, 1.807) is 22.7 Å². The van der Waals surface area contributed by atoms with E-state index in [0.29, 0.717) is 22.6 Å². The third-order valence-corrected chi connectivity index (χ3v) is 4.05. The van der Waals surface area contributed by atoms with Gasteiger partial charge in [0.05, 0.1) is 11.1 Å². The largest absolute Gasteiger partial charge is 0.416 e. The molecule has 5 nitrogen and oxygen atoms in total. The molecular weight excluding hydrogens is 333 g/mol. The minimum absolute atomic E-state index is 0.184. The number of hydrogen-bond donors (Lipinski definition) is 1. The fourth-order valence-corrected chi connectivity index (χ4v) is 2.53. The summed E-state index contributed by atoms with van der Waals surface area (Å²) in [4.78, 5) is 12.2. The van der Waals surface area contributed by atoms with Gasteiger partial charge in [0.15, 0.2) is 11.5 Å². The second kappa shape index (κ2) is 5.58. The Labute approximate surface area is 140 Å². The van der Waals surface area contributed by atoms with Gasteiger partial charge in [0.25, 0.3) is 5.91 Å². The zero-order valence-corrected chi connectivity index (χ0v) is 12.9. The fourth-order valence-electron chi connectivity index (χ4n) is 2.53. The quantitative estimate of drug-likeness (QED) is 0.792. The summed E-state index contributed by atoms with van der Waals surface area (Å²) in [6.45, 7) is 0. The third kappa shape index (κ3) is 3.07.